The molecule has 1 N–H and O–H groups in total. The van der Waals surface area contributed by atoms with Crippen molar-refractivity contribution in [2.24, 2.45) is 13.0 Å². The van der Waals surface area contributed by atoms with Crippen LogP contribution in [0, 0.1) is 5.92 Å². The molecular formula is C11H20N4O2S. The summed E-state index contributed by atoms with van der Waals surface area (Å²) in [4.78, 5) is 12.6. The van der Waals surface area contributed by atoms with E-state index in [1.807, 2.05) is 23.6 Å². The maximum absolute atomic E-state index is 10.5. The highest BCUT2D eigenvalue weighted by molar-refractivity contribution is 7.99. The number of carbonyl (C=O) groups is 1. The number of aliphatic carboxylic acids is 1. The Morgan fingerprint density at radius 1 is 1.50 bits per heavy atom. The monoisotopic (exact) mass is 272 g/mol. The first-order valence-corrected chi connectivity index (χ1v) is 6.85. The van der Waals surface area contributed by atoms with Crippen LogP contribution in [0.3, 0.4) is 0 Å². The fourth-order valence-corrected chi connectivity index (χ4v) is 2.07. The van der Waals surface area contributed by atoms with Gasteiger partial charge in [-0.15, -0.1) is 10.2 Å². The zero-order chi connectivity index (χ0) is 13.7. The van der Waals surface area contributed by atoms with Crippen molar-refractivity contribution in [1.29, 1.82) is 0 Å². The second kappa shape index (κ2) is 6.63. The van der Waals surface area contributed by atoms with E-state index in [-0.39, 0.29) is 5.75 Å². The number of carboxylic acids is 1. The van der Waals surface area contributed by atoms with E-state index in [9.17, 15) is 4.79 Å². The molecule has 18 heavy (non-hydrogen) atoms. The Kier molecular flexibility index (Phi) is 5.46. The molecular weight excluding hydrogens is 252 g/mol. The average molecular weight is 272 g/mol. The van der Waals surface area contributed by atoms with Gasteiger partial charge in [-0.25, -0.2) is 0 Å². The van der Waals surface area contributed by atoms with E-state index >= 15 is 0 Å². The average Bonchev–Trinajstić information content (AvgIpc) is 2.65. The van der Waals surface area contributed by atoms with Crippen LogP contribution in [0.2, 0.25) is 0 Å². The Labute approximate surface area is 111 Å². The standard InChI is InChI=1S/C11H20N4O2S/c1-8(2)5-6-14(3)10-12-13-11(15(10)4)18-7-9(16)17/h8H,5-7H2,1-4H3,(H,16,17). The summed E-state index contributed by atoms with van der Waals surface area (Å²) in [5, 5.41) is 17.4. The Hall–Kier alpha value is -1.24. The maximum atomic E-state index is 10.5. The highest BCUT2D eigenvalue weighted by Gasteiger charge is 2.14. The minimum atomic E-state index is -0.849. The summed E-state index contributed by atoms with van der Waals surface area (Å²) in [7, 11) is 3.82. The molecule has 0 atom stereocenters. The van der Waals surface area contributed by atoms with Gasteiger partial charge in [-0.1, -0.05) is 25.6 Å². The van der Waals surface area contributed by atoms with Gasteiger partial charge in [0.05, 0.1) is 5.75 Å². The van der Waals surface area contributed by atoms with Gasteiger partial charge >= 0.3 is 5.97 Å². The summed E-state index contributed by atoms with van der Waals surface area (Å²) in [6.45, 7) is 5.27. The van der Waals surface area contributed by atoms with E-state index < -0.39 is 5.97 Å². The SMILES string of the molecule is CC(C)CCN(C)c1nnc(SCC(=O)O)n1C. The number of hydrogen-bond donors (Lipinski definition) is 1. The van der Waals surface area contributed by atoms with Gasteiger partial charge in [-0.3, -0.25) is 9.36 Å². The fraction of sp³-hybridized carbons (Fsp3) is 0.727. The number of carboxylic acid groups (broad SMARTS) is 1. The van der Waals surface area contributed by atoms with E-state index in [2.05, 4.69) is 24.0 Å². The topological polar surface area (TPSA) is 71.2 Å². The van der Waals surface area contributed by atoms with Crippen LogP contribution in [0.4, 0.5) is 5.95 Å². The van der Waals surface area contributed by atoms with E-state index in [0.29, 0.717) is 11.1 Å². The zero-order valence-electron chi connectivity index (χ0n) is 11.3. The van der Waals surface area contributed by atoms with Crippen LogP contribution >= 0.6 is 11.8 Å². The van der Waals surface area contributed by atoms with Crippen molar-refractivity contribution in [3.63, 3.8) is 0 Å². The van der Waals surface area contributed by atoms with Gasteiger partial charge in [0, 0.05) is 20.6 Å². The highest BCUT2D eigenvalue weighted by Crippen LogP contribution is 2.19. The lowest BCUT2D eigenvalue weighted by molar-refractivity contribution is -0.133. The summed E-state index contributed by atoms with van der Waals surface area (Å²) in [6.07, 6.45) is 1.08. The van der Waals surface area contributed by atoms with Crippen molar-refractivity contribution >= 4 is 23.7 Å². The van der Waals surface area contributed by atoms with Crippen LogP contribution < -0.4 is 4.90 Å². The summed E-state index contributed by atoms with van der Waals surface area (Å²) in [6, 6.07) is 0. The molecule has 0 unspecified atom stereocenters. The first-order chi connectivity index (χ1) is 8.41. The molecule has 6 nitrogen and oxygen atoms in total. The molecule has 102 valence electrons. The lowest BCUT2D eigenvalue weighted by atomic mass is 10.1. The Morgan fingerprint density at radius 2 is 2.17 bits per heavy atom. The molecule has 0 fully saturated rings. The molecule has 0 radical (unpaired) electrons. The molecule has 1 rings (SSSR count). The van der Waals surface area contributed by atoms with Crippen molar-refractivity contribution in [2.75, 3.05) is 24.2 Å². The van der Waals surface area contributed by atoms with Crippen molar-refractivity contribution in [1.82, 2.24) is 14.8 Å². The quantitative estimate of drug-likeness (QED) is 0.758. The smallest absolute Gasteiger partial charge is 0.313 e. The molecule has 0 aliphatic carbocycles. The number of hydrogen-bond acceptors (Lipinski definition) is 5. The number of anilines is 1. The van der Waals surface area contributed by atoms with E-state index in [1.54, 1.807) is 0 Å². The Bertz CT molecular complexity index is 406. The third kappa shape index (κ3) is 4.21. The van der Waals surface area contributed by atoms with Gasteiger partial charge in [0.2, 0.25) is 5.95 Å². The molecule has 0 saturated carbocycles. The zero-order valence-corrected chi connectivity index (χ0v) is 12.1. The largest absolute Gasteiger partial charge is 0.481 e. The second-order valence-electron chi connectivity index (χ2n) is 4.63. The third-order valence-corrected chi connectivity index (χ3v) is 3.52. The number of nitrogens with zero attached hydrogens (tertiary/aromatic N) is 4. The van der Waals surface area contributed by atoms with Gasteiger partial charge in [0.1, 0.15) is 0 Å². The van der Waals surface area contributed by atoms with Crippen molar-refractivity contribution in [3.05, 3.63) is 0 Å². The van der Waals surface area contributed by atoms with Gasteiger partial charge in [0.15, 0.2) is 5.16 Å². The number of aromatic nitrogens is 3. The molecule has 0 spiro atoms. The summed E-state index contributed by atoms with van der Waals surface area (Å²) in [5.74, 6) is 0.560. The highest BCUT2D eigenvalue weighted by atomic mass is 32.2. The van der Waals surface area contributed by atoms with Crippen LogP contribution in [-0.4, -0.2) is 45.2 Å². The molecule has 1 aromatic heterocycles. The number of thioether (sulfide) groups is 1. The minimum Gasteiger partial charge on any atom is -0.481 e. The van der Waals surface area contributed by atoms with E-state index in [1.165, 1.54) is 11.8 Å². The Morgan fingerprint density at radius 3 is 2.72 bits per heavy atom. The van der Waals surface area contributed by atoms with E-state index in [0.717, 1.165) is 18.9 Å². The lowest BCUT2D eigenvalue weighted by Gasteiger charge is -2.18. The molecule has 0 amide bonds. The molecule has 0 bridgehead atoms. The summed E-state index contributed by atoms with van der Waals surface area (Å²) < 4.78 is 1.83. The molecule has 0 aliphatic heterocycles. The van der Waals surface area contributed by atoms with Crippen molar-refractivity contribution < 1.29 is 9.90 Å². The van der Waals surface area contributed by atoms with Gasteiger partial charge in [-0.2, -0.15) is 0 Å². The maximum Gasteiger partial charge on any atom is 0.313 e. The minimum absolute atomic E-state index is 0.00167. The molecule has 1 aromatic rings. The van der Waals surface area contributed by atoms with Gasteiger partial charge < -0.3 is 10.0 Å². The summed E-state index contributed by atoms with van der Waals surface area (Å²) in [5.41, 5.74) is 0. The Balaban J connectivity index is 2.64. The third-order valence-electron chi connectivity index (χ3n) is 2.52. The normalized spacial score (nSPS) is 10.9. The fourth-order valence-electron chi connectivity index (χ4n) is 1.44. The van der Waals surface area contributed by atoms with Crippen molar-refractivity contribution in [2.45, 2.75) is 25.4 Å². The van der Waals surface area contributed by atoms with Crippen LogP contribution in [0.15, 0.2) is 5.16 Å². The number of rotatable bonds is 7. The molecule has 0 aliphatic rings. The van der Waals surface area contributed by atoms with Crippen LogP contribution in [0.5, 0.6) is 0 Å². The predicted molar refractivity (Wildman–Crippen MR) is 72.1 cm³/mol. The van der Waals surface area contributed by atoms with Gasteiger partial charge in [0.25, 0.3) is 0 Å². The molecule has 0 saturated heterocycles. The summed E-state index contributed by atoms with van der Waals surface area (Å²) >= 11 is 1.18. The van der Waals surface area contributed by atoms with Crippen molar-refractivity contribution in [3.8, 4) is 0 Å². The first-order valence-electron chi connectivity index (χ1n) is 5.87. The molecule has 1 heterocycles. The van der Waals surface area contributed by atoms with E-state index in [4.69, 9.17) is 5.11 Å². The molecule has 0 aromatic carbocycles. The van der Waals surface area contributed by atoms with Crippen LogP contribution in [-0.2, 0) is 11.8 Å². The molecule has 7 heteroatoms. The van der Waals surface area contributed by atoms with Crippen LogP contribution in [0.25, 0.3) is 0 Å². The lowest BCUT2D eigenvalue weighted by Crippen LogP contribution is -2.23. The van der Waals surface area contributed by atoms with Gasteiger partial charge in [-0.05, 0) is 12.3 Å². The second-order valence-corrected chi connectivity index (χ2v) is 5.57. The first kappa shape index (κ1) is 14.8. The van der Waals surface area contributed by atoms with Crippen LogP contribution in [0.1, 0.15) is 20.3 Å². The predicted octanol–water partition coefficient (Wildman–Crippen LogP) is 1.47.